The number of nitrogens with zero attached hydrogens (tertiary/aromatic N) is 1. The molecular weight excluding hydrogens is 208 g/mol. The smallest absolute Gasteiger partial charge is 0.0244 e. The molecule has 1 rings (SSSR count). The summed E-state index contributed by atoms with van der Waals surface area (Å²) in [6, 6.07) is 1.36. The summed E-state index contributed by atoms with van der Waals surface area (Å²) in [5, 5.41) is 3.69. The third kappa shape index (κ3) is 4.69. The zero-order chi connectivity index (χ0) is 12.7. The zero-order valence-corrected chi connectivity index (χ0v) is 11.7. The minimum Gasteiger partial charge on any atom is -0.311 e. The van der Waals surface area contributed by atoms with Crippen LogP contribution in [0.25, 0.3) is 0 Å². The van der Waals surface area contributed by atoms with E-state index < -0.39 is 0 Å². The van der Waals surface area contributed by atoms with Crippen LogP contribution in [0.3, 0.4) is 0 Å². The van der Waals surface area contributed by atoms with Crippen molar-refractivity contribution in [3.05, 3.63) is 0 Å². The highest BCUT2D eigenvalue weighted by molar-refractivity contribution is 4.89. The molecule has 1 N–H and O–H groups in total. The second kappa shape index (κ2) is 7.74. The minimum atomic E-state index is 0.681. The van der Waals surface area contributed by atoms with Gasteiger partial charge in [0.25, 0.3) is 0 Å². The Hall–Kier alpha value is -0.520. The lowest BCUT2D eigenvalue weighted by Gasteiger charge is -2.42. The molecule has 0 aromatic carbocycles. The Morgan fingerprint density at radius 3 is 2.82 bits per heavy atom. The maximum Gasteiger partial charge on any atom is 0.0244 e. The number of hydrogen-bond donors (Lipinski definition) is 1. The normalized spacial score (nSPS) is 26.1. The SMILES string of the molecule is C#CCCCN1CC(CCC)NCC1C(C)C. The Kier molecular flexibility index (Phi) is 6.62. The number of terminal acetylenes is 1. The van der Waals surface area contributed by atoms with Crippen molar-refractivity contribution in [2.24, 2.45) is 5.92 Å². The summed E-state index contributed by atoms with van der Waals surface area (Å²) in [5.41, 5.74) is 0. The van der Waals surface area contributed by atoms with Crippen molar-refractivity contribution < 1.29 is 0 Å². The van der Waals surface area contributed by atoms with Crippen molar-refractivity contribution in [1.29, 1.82) is 0 Å². The van der Waals surface area contributed by atoms with E-state index in [9.17, 15) is 0 Å². The van der Waals surface area contributed by atoms with E-state index in [1.807, 2.05) is 0 Å². The fraction of sp³-hybridized carbons (Fsp3) is 0.867. The Balaban J connectivity index is 2.47. The van der Waals surface area contributed by atoms with Gasteiger partial charge in [-0.15, -0.1) is 12.3 Å². The van der Waals surface area contributed by atoms with Gasteiger partial charge in [0.05, 0.1) is 0 Å². The number of nitrogens with one attached hydrogen (secondary N) is 1. The van der Waals surface area contributed by atoms with Gasteiger partial charge < -0.3 is 5.32 Å². The minimum absolute atomic E-state index is 0.681. The third-order valence-corrected chi connectivity index (χ3v) is 3.71. The summed E-state index contributed by atoms with van der Waals surface area (Å²) >= 11 is 0. The van der Waals surface area contributed by atoms with Crippen molar-refractivity contribution in [2.45, 2.75) is 58.5 Å². The Morgan fingerprint density at radius 1 is 1.47 bits per heavy atom. The van der Waals surface area contributed by atoms with Gasteiger partial charge in [-0.05, 0) is 25.3 Å². The number of hydrogen-bond acceptors (Lipinski definition) is 2. The molecule has 0 amide bonds. The largest absolute Gasteiger partial charge is 0.311 e. The molecule has 0 aromatic rings. The van der Waals surface area contributed by atoms with E-state index in [4.69, 9.17) is 6.42 Å². The molecule has 2 unspecified atom stereocenters. The molecule has 0 saturated carbocycles. The standard InChI is InChI=1S/C15H28N2/c1-5-7-8-10-17-12-14(9-6-2)16-11-15(17)13(3)4/h1,13-16H,6-12H2,2-4H3. The van der Waals surface area contributed by atoms with E-state index >= 15 is 0 Å². The van der Waals surface area contributed by atoms with Crippen molar-refractivity contribution in [1.82, 2.24) is 10.2 Å². The molecule has 1 fully saturated rings. The molecule has 1 heterocycles. The number of piperazine rings is 1. The van der Waals surface area contributed by atoms with Crippen LogP contribution in [-0.2, 0) is 0 Å². The predicted molar refractivity (Wildman–Crippen MR) is 75.0 cm³/mol. The van der Waals surface area contributed by atoms with Crippen molar-refractivity contribution >= 4 is 0 Å². The van der Waals surface area contributed by atoms with Gasteiger partial charge in [0.1, 0.15) is 0 Å². The molecule has 2 nitrogen and oxygen atoms in total. The van der Waals surface area contributed by atoms with E-state index in [2.05, 4.69) is 36.9 Å². The fourth-order valence-corrected chi connectivity index (χ4v) is 2.74. The number of unbranched alkanes of at least 4 members (excludes halogenated alkanes) is 1. The first-order valence-electron chi connectivity index (χ1n) is 7.09. The van der Waals surface area contributed by atoms with Gasteiger partial charge in [-0.3, -0.25) is 4.90 Å². The van der Waals surface area contributed by atoms with Gasteiger partial charge in [-0.1, -0.05) is 27.2 Å². The molecular formula is C15H28N2. The van der Waals surface area contributed by atoms with Crippen molar-refractivity contribution in [3.63, 3.8) is 0 Å². The van der Waals surface area contributed by atoms with Crippen LogP contribution in [0.15, 0.2) is 0 Å². The number of rotatable bonds is 6. The highest BCUT2D eigenvalue weighted by Gasteiger charge is 2.28. The highest BCUT2D eigenvalue weighted by atomic mass is 15.2. The van der Waals surface area contributed by atoms with Crippen LogP contribution in [0.1, 0.15) is 46.5 Å². The van der Waals surface area contributed by atoms with Crippen LogP contribution >= 0.6 is 0 Å². The molecule has 0 aliphatic carbocycles. The second-order valence-electron chi connectivity index (χ2n) is 5.51. The van der Waals surface area contributed by atoms with Crippen molar-refractivity contribution in [3.8, 4) is 12.3 Å². The predicted octanol–water partition coefficient (Wildman–Crippen LogP) is 2.50. The van der Waals surface area contributed by atoms with E-state index in [1.54, 1.807) is 0 Å². The molecule has 2 atom stereocenters. The quantitative estimate of drug-likeness (QED) is 0.563. The van der Waals surface area contributed by atoms with Crippen LogP contribution in [0.2, 0.25) is 0 Å². The maximum atomic E-state index is 5.33. The topological polar surface area (TPSA) is 15.3 Å². The van der Waals surface area contributed by atoms with Crippen molar-refractivity contribution in [2.75, 3.05) is 19.6 Å². The summed E-state index contributed by atoms with van der Waals surface area (Å²) in [4.78, 5) is 2.65. The van der Waals surface area contributed by atoms with Gasteiger partial charge in [-0.25, -0.2) is 0 Å². The van der Waals surface area contributed by atoms with Gasteiger partial charge in [0.15, 0.2) is 0 Å². The summed E-state index contributed by atoms with van der Waals surface area (Å²) in [7, 11) is 0. The van der Waals surface area contributed by atoms with Crippen LogP contribution in [0, 0.1) is 18.3 Å². The molecule has 17 heavy (non-hydrogen) atoms. The zero-order valence-electron chi connectivity index (χ0n) is 11.7. The first kappa shape index (κ1) is 14.5. The van der Waals surface area contributed by atoms with Crippen LogP contribution in [0.4, 0.5) is 0 Å². The summed E-state index contributed by atoms with van der Waals surface area (Å²) in [6.07, 6.45) is 9.93. The van der Waals surface area contributed by atoms with E-state index in [1.165, 1.54) is 19.4 Å². The molecule has 0 radical (unpaired) electrons. The molecule has 1 saturated heterocycles. The molecule has 2 heteroatoms. The van der Waals surface area contributed by atoms with Crippen LogP contribution < -0.4 is 5.32 Å². The monoisotopic (exact) mass is 236 g/mol. The Bertz CT molecular complexity index is 242. The maximum absolute atomic E-state index is 5.33. The lowest BCUT2D eigenvalue weighted by atomic mass is 9.96. The molecule has 98 valence electrons. The van der Waals surface area contributed by atoms with Gasteiger partial charge in [0, 0.05) is 31.6 Å². The molecule has 0 aromatic heterocycles. The highest BCUT2D eigenvalue weighted by Crippen LogP contribution is 2.17. The van der Waals surface area contributed by atoms with Crippen LogP contribution in [0.5, 0.6) is 0 Å². The summed E-state index contributed by atoms with van der Waals surface area (Å²) in [5.74, 6) is 3.46. The lowest BCUT2D eigenvalue weighted by Crippen LogP contribution is -2.58. The van der Waals surface area contributed by atoms with Gasteiger partial charge >= 0.3 is 0 Å². The first-order valence-corrected chi connectivity index (χ1v) is 7.09. The summed E-state index contributed by atoms with van der Waals surface area (Å²) in [6.45, 7) is 10.4. The Labute approximate surface area is 107 Å². The molecule has 0 bridgehead atoms. The molecule has 0 spiro atoms. The van der Waals surface area contributed by atoms with Crippen LogP contribution in [-0.4, -0.2) is 36.6 Å². The van der Waals surface area contributed by atoms with E-state index in [0.29, 0.717) is 12.1 Å². The summed E-state index contributed by atoms with van der Waals surface area (Å²) < 4.78 is 0. The lowest BCUT2D eigenvalue weighted by molar-refractivity contribution is 0.0949. The van der Waals surface area contributed by atoms with E-state index in [0.717, 1.165) is 31.8 Å². The molecule has 1 aliphatic heterocycles. The Morgan fingerprint density at radius 2 is 2.24 bits per heavy atom. The van der Waals surface area contributed by atoms with Gasteiger partial charge in [0.2, 0.25) is 0 Å². The van der Waals surface area contributed by atoms with E-state index in [-0.39, 0.29) is 0 Å². The van der Waals surface area contributed by atoms with Gasteiger partial charge in [-0.2, -0.15) is 0 Å². The molecule has 1 aliphatic rings. The third-order valence-electron chi connectivity index (χ3n) is 3.71. The average molecular weight is 236 g/mol. The fourth-order valence-electron chi connectivity index (χ4n) is 2.74. The average Bonchev–Trinajstić information content (AvgIpc) is 2.30. The first-order chi connectivity index (χ1) is 8.19. The second-order valence-corrected chi connectivity index (χ2v) is 5.51.